The van der Waals surface area contributed by atoms with E-state index in [1.807, 2.05) is 32.9 Å². The molecular formula is C30H38N4O4. The fourth-order valence-corrected chi connectivity index (χ4v) is 6.27. The van der Waals surface area contributed by atoms with E-state index in [0.29, 0.717) is 24.6 Å². The first-order valence-electron chi connectivity index (χ1n) is 14.0. The Labute approximate surface area is 224 Å². The summed E-state index contributed by atoms with van der Waals surface area (Å²) in [6, 6.07) is 8.24. The average molecular weight is 519 g/mol. The van der Waals surface area contributed by atoms with Gasteiger partial charge in [0.2, 0.25) is 0 Å². The molecule has 8 nitrogen and oxygen atoms in total. The van der Waals surface area contributed by atoms with Crippen molar-refractivity contribution in [2.75, 3.05) is 6.61 Å². The van der Waals surface area contributed by atoms with Gasteiger partial charge >= 0.3 is 5.97 Å². The van der Waals surface area contributed by atoms with Crippen molar-refractivity contribution >= 4 is 17.5 Å². The lowest BCUT2D eigenvalue weighted by atomic mass is 9.73. The molecule has 5 rings (SSSR count). The van der Waals surface area contributed by atoms with E-state index in [0.717, 1.165) is 55.7 Å². The number of hydrogen-bond acceptors (Lipinski definition) is 7. The molecular weight excluding hydrogens is 480 g/mol. The number of nitrogens with zero attached hydrogens (tertiary/aromatic N) is 4. The summed E-state index contributed by atoms with van der Waals surface area (Å²) in [5.41, 5.74) is 3.37. The molecule has 1 saturated carbocycles. The Morgan fingerprint density at radius 2 is 1.89 bits per heavy atom. The molecule has 1 saturated heterocycles. The highest BCUT2D eigenvalue weighted by molar-refractivity contribution is 6.01. The van der Waals surface area contributed by atoms with Crippen LogP contribution in [0.2, 0.25) is 0 Å². The van der Waals surface area contributed by atoms with Crippen molar-refractivity contribution in [3.8, 4) is 5.75 Å². The molecule has 0 bridgehead atoms. The molecule has 0 N–H and O–H groups in total. The number of benzene rings is 1. The van der Waals surface area contributed by atoms with E-state index < -0.39 is 17.5 Å². The molecule has 0 radical (unpaired) electrons. The van der Waals surface area contributed by atoms with Crippen LogP contribution in [-0.4, -0.2) is 43.5 Å². The number of carbonyl (C=O) groups excluding carboxylic acids is 2. The highest BCUT2D eigenvalue weighted by atomic mass is 16.6. The van der Waals surface area contributed by atoms with Crippen LogP contribution in [-0.2, 0) is 33.6 Å². The fourth-order valence-electron chi connectivity index (χ4n) is 6.27. The number of ketones is 1. The first-order valence-corrected chi connectivity index (χ1v) is 14.0. The van der Waals surface area contributed by atoms with Crippen molar-refractivity contribution in [2.45, 2.75) is 91.1 Å². The van der Waals surface area contributed by atoms with Crippen molar-refractivity contribution in [1.29, 1.82) is 0 Å². The minimum atomic E-state index is -0.875. The average Bonchev–Trinajstić information content (AvgIpc) is 3.57. The number of carbonyl (C=O) groups is 2. The third-order valence-corrected chi connectivity index (χ3v) is 8.24. The third-order valence-electron chi connectivity index (χ3n) is 8.24. The molecule has 1 aliphatic heterocycles. The molecule has 2 unspecified atom stereocenters. The van der Waals surface area contributed by atoms with Crippen molar-refractivity contribution in [1.82, 2.24) is 19.6 Å². The molecule has 202 valence electrons. The number of ether oxygens (including phenoxy) is 2. The van der Waals surface area contributed by atoms with Crippen LogP contribution in [0, 0.1) is 25.7 Å². The fraction of sp³-hybridized carbons (Fsp3) is 0.567. The number of aryl methyl sites for hydroxylation is 4. The predicted molar refractivity (Wildman–Crippen MR) is 143 cm³/mol. The monoisotopic (exact) mass is 518 g/mol. The van der Waals surface area contributed by atoms with Crippen LogP contribution in [0.5, 0.6) is 5.75 Å². The normalized spacial score (nSPS) is 22.3. The number of hydrogen-bond donors (Lipinski definition) is 0. The summed E-state index contributed by atoms with van der Waals surface area (Å²) < 4.78 is 13.7. The highest BCUT2D eigenvalue weighted by Crippen LogP contribution is 2.45. The number of fused-ring (bicyclic) bond motifs is 1. The molecule has 1 aliphatic carbocycles. The van der Waals surface area contributed by atoms with Gasteiger partial charge in [-0.2, -0.15) is 4.98 Å². The SMILES string of the molecule is CCOc1ccc(CCC2(C3CCCC3)CC(=O)C(Cc3nc4nc(C)cc(C)n4n3)C(=O)O2)cc1CC. The highest BCUT2D eigenvalue weighted by Gasteiger charge is 2.51. The second kappa shape index (κ2) is 10.8. The summed E-state index contributed by atoms with van der Waals surface area (Å²) >= 11 is 0. The van der Waals surface area contributed by atoms with Crippen LogP contribution >= 0.6 is 0 Å². The van der Waals surface area contributed by atoms with Crippen LogP contribution in [0.25, 0.3) is 5.78 Å². The Morgan fingerprint density at radius 1 is 1.11 bits per heavy atom. The Hall–Kier alpha value is -3.29. The molecule has 2 aromatic heterocycles. The third kappa shape index (κ3) is 5.18. The summed E-state index contributed by atoms with van der Waals surface area (Å²) in [5.74, 6) is 0.691. The van der Waals surface area contributed by atoms with Crippen LogP contribution in [0.15, 0.2) is 24.3 Å². The van der Waals surface area contributed by atoms with E-state index in [-0.39, 0.29) is 24.5 Å². The summed E-state index contributed by atoms with van der Waals surface area (Å²) in [5, 5.41) is 4.52. The maximum atomic E-state index is 13.6. The molecule has 3 aromatic rings. The second-order valence-corrected chi connectivity index (χ2v) is 10.9. The van der Waals surface area contributed by atoms with Gasteiger partial charge in [0.15, 0.2) is 11.6 Å². The molecule has 3 heterocycles. The maximum absolute atomic E-state index is 13.6. The minimum absolute atomic E-state index is 0.0613. The van der Waals surface area contributed by atoms with Crippen LogP contribution in [0.3, 0.4) is 0 Å². The summed E-state index contributed by atoms with van der Waals surface area (Å²) in [6.45, 7) is 8.59. The molecule has 0 spiro atoms. The Balaban J connectivity index is 1.34. The van der Waals surface area contributed by atoms with Gasteiger partial charge in [-0.3, -0.25) is 9.59 Å². The Bertz CT molecular complexity index is 1320. The molecule has 2 fully saturated rings. The van der Waals surface area contributed by atoms with E-state index in [9.17, 15) is 9.59 Å². The minimum Gasteiger partial charge on any atom is -0.494 e. The van der Waals surface area contributed by atoms with Gasteiger partial charge < -0.3 is 9.47 Å². The van der Waals surface area contributed by atoms with Crippen LogP contribution in [0.4, 0.5) is 0 Å². The van der Waals surface area contributed by atoms with Crippen LogP contribution < -0.4 is 4.74 Å². The molecule has 2 aliphatic rings. The zero-order chi connectivity index (χ0) is 26.9. The number of cyclic esters (lactones) is 1. The smallest absolute Gasteiger partial charge is 0.317 e. The number of aromatic nitrogens is 4. The first-order chi connectivity index (χ1) is 18.3. The molecule has 8 heteroatoms. The Kier molecular flexibility index (Phi) is 7.50. The quantitative estimate of drug-likeness (QED) is 0.292. The van der Waals surface area contributed by atoms with Crippen molar-refractivity contribution in [2.24, 2.45) is 11.8 Å². The zero-order valence-corrected chi connectivity index (χ0v) is 23.0. The van der Waals surface area contributed by atoms with Crippen molar-refractivity contribution < 1.29 is 19.1 Å². The number of rotatable bonds is 9. The summed E-state index contributed by atoms with van der Waals surface area (Å²) in [4.78, 5) is 35.9. The van der Waals surface area contributed by atoms with E-state index in [2.05, 4.69) is 34.1 Å². The van der Waals surface area contributed by atoms with Gasteiger partial charge in [-0.05, 0) is 82.1 Å². The summed E-state index contributed by atoms with van der Waals surface area (Å²) in [6.07, 6.45) is 6.89. The molecule has 1 aromatic carbocycles. The topological polar surface area (TPSA) is 95.7 Å². The predicted octanol–water partition coefficient (Wildman–Crippen LogP) is 4.94. The van der Waals surface area contributed by atoms with Gasteiger partial charge in [0.25, 0.3) is 5.78 Å². The van der Waals surface area contributed by atoms with Gasteiger partial charge in [-0.15, -0.1) is 5.10 Å². The Morgan fingerprint density at radius 3 is 2.61 bits per heavy atom. The summed E-state index contributed by atoms with van der Waals surface area (Å²) in [7, 11) is 0. The van der Waals surface area contributed by atoms with E-state index in [4.69, 9.17) is 9.47 Å². The standard InChI is InChI=1S/C30H38N4O4/c1-5-22-16-21(11-12-26(22)37-6-2)13-14-30(23-9-7-8-10-23)18-25(35)24(28(36)38-30)17-27-32-29-31-19(3)15-20(4)34(29)33-27/h11-12,15-16,23-24H,5-10,13-14,17-18H2,1-4H3. The number of Topliss-reactive ketones (excluding diaryl/α,β-unsaturated/α-hetero) is 1. The lowest BCUT2D eigenvalue weighted by Crippen LogP contribution is -2.52. The van der Waals surface area contributed by atoms with Gasteiger partial charge in [0.05, 0.1) is 6.61 Å². The second-order valence-electron chi connectivity index (χ2n) is 10.9. The molecule has 38 heavy (non-hydrogen) atoms. The van der Waals surface area contributed by atoms with Gasteiger partial charge in [-0.1, -0.05) is 31.9 Å². The van der Waals surface area contributed by atoms with Crippen molar-refractivity contribution in [3.05, 3.63) is 52.6 Å². The van der Waals surface area contributed by atoms with Crippen LogP contribution in [0.1, 0.15) is 80.7 Å². The molecule has 2 atom stereocenters. The van der Waals surface area contributed by atoms with E-state index >= 15 is 0 Å². The lowest BCUT2D eigenvalue weighted by Gasteiger charge is -2.43. The van der Waals surface area contributed by atoms with E-state index in [1.54, 1.807) is 4.52 Å². The van der Waals surface area contributed by atoms with Gasteiger partial charge in [-0.25, -0.2) is 9.50 Å². The van der Waals surface area contributed by atoms with E-state index in [1.165, 1.54) is 11.1 Å². The molecule has 0 amide bonds. The van der Waals surface area contributed by atoms with Gasteiger partial charge in [0.1, 0.15) is 17.3 Å². The van der Waals surface area contributed by atoms with Crippen molar-refractivity contribution in [3.63, 3.8) is 0 Å². The first kappa shape index (κ1) is 26.3. The maximum Gasteiger partial charge on any atom is 0.317 e. The van der Waals surface area contributed by atoms with Gasteiger partial charge in [0, 0.05) is 24.2 Å². The lowest BCUT2D eigenvalue weighted by molar-refractivity contribution is -0.185. The zero-order valence-electron chi connectivity index (χ0n) is 23.0. The largest absolute Gasteiger partial charge is 0.494 e. The number of esters is 1.